The summed E-state index contributed by atoms with van der Waals surface area (Å²) in [5.74, 6) is -0.920. The third-order valence-electron chi connectivity index (χ3n) is 5.23. The van der Waals surface area contributed by atoms with Crippen LogP contribution < -0.4 is 19.7 Å². The van der Waals surface area contributed by atoms with E-state index < -0.39 is 17.8 Å². The third kappa shape index (κ3) is 5.81. The predicted molar refractivity (Wildman–Crippen MR) is 150 cm³/mol. The Hall–Kier alpha value is -2.56. The van der Waals surface area contributed by atoms with Crippen molar-refractivity contribution < 1.29 is 23.9 Å². The van der Waals surface area contributed by atoms with Crippen LogP contribution in [0.15, 0.2) is 63.0 Å². The van der Waals surface area contributed by atoms with Crippen molar-refractivity contribution in [3.8, 4) is 11.5 Å². The molecule has 4 amide bonds. The van der Waals surface area contributed by atoms with Gasteiger partial charge in [-0.25, -0.2) is 9.69 Å². The van der Waals surface area contributed by atoms with Crippen LogP contribution in [0.1, 0.15) is 11.1 Å². The van der Waals surface area contributed by atoms with Crippen molar-refractivity contribution in [1.29, 1.82) is 0 Å². The Bertz CT molecular complexity index is 1460. The molecule has 4 rings (SSSR count). The molecule has 1 saturated heterocycles. The lowest BCUT2D eigenvalue weighted by atomic mass is 10.1. The molecule has 1 N–H and O–H groups in total. The van der Waals surface area contributed by atoms with Gasteiger partial charge in [-0.3, -0.25) is 14.9 Å². The van der Waals surface area contributed by atoms with E-state index in [2.05, 4.69) is 37.2 Å². The number of carbonyl (C=O) groups excluding carboxylic acids is 3. The molecule has 3 aromatic carbocycles. The second-order valence-corrected chi connectivity index (χ2v) is 10.4. The van der Waals surface area contributed by atoms with Crippen molar-refractivity contribution in [3.63, 3.8) is 0 Å². The van der Waals surface area contributed by atoms with E-state index in [0.29, 0.717) is 41.1 Å². The highest BCUT2D eigenvalue weighted by molar-refractivity contribution is 9.13. The second kappa shape index (κ2) is 11.4. The average Bonchev–Trinajstić information content (AvgIpc) is 2.86. The number of amides is 4. The number of imide groups is 2. The maximum absolute atomic E-state index is 13.2. The zero-order valence-corrected chi connectivity index (χ0v) is 24.2. The maximum Gasteiger partial charge on any atom is 0.335 e. The van der Waals surface area contributed by atoms with Crippen LogP contribution in [0.2, 0.25) is 15.1 Å². The first-order valence-corrected chi connectivity index (χ1v) is 13.1. The summed E-state index contributed by atoms with van der Waals surface area (Å²) in [7, 11) is 1.46. The number of methoxy groups -OCH3 is 1. The van der Waals surface area contributed by atoms with E-state index in [0.717, 1.165) is 10.5 Å². The predicted octanol–water partition coefficient (Wildman–Crippen LogP) is 7.43. The van der Waals surface area contributed by atoms with Crippen molar-refractivity contribution in [1.82, 2.24) is 5.32 Å². The molecule has 0 saturated carbocycles. The summed E-state index contributed by atoms with van der Waals surface area (Å²) in [6, 6.07) is 12.0. The number of halogens is 5. The number of urea groups is 1. The van der Waals surface area contributed by atoms with Gasteiger partial charge in [-0.1, -0.05) is 40.9 Å². The molecule has 1 aliphatic heterocycles. The van der Waals surface area contributed by atoms with E-state index in [1.54, 1.807) is 24.3 Å². The summed E-state index contributed by atoms with van der Waals surface area (Å²) in [6.45, 7) is 0.164. The van der Waals surface area contributed by atoms with Gasteiger partial charge in [0, 0.05) is 9.50 Å². The topological polar surface area (TPSA) is 84.9 Å². The normalized spacial score (nSPS) is 14.7. The monoisotopic (exact) mass is 686 g/mol. The molecule has 0 spiro atoms. The molecule has 7 nitrogen and oxygen atoms in total. The van der Waals surface area contributed by atoms with Crippen LogP contribution in [0.5, 0.6) is 11.5 Å². The number of barbiturate groups is 1. The van der Waals surface area contributed by atoms with Gasteiger partial charge in [-0.05, 0) is 91.5 Å². The number of carbonyl (C=O) groups is 3. The molecular weight excluding hydrogens is 674 g/mol. The number of nitrogens with one attached hydrogen (secondary N) is 1. The number of hydrogen-bond donors (Lipinski definition) is 1. The molecule has 37 heavy (non-hydrogen) atoms. The summed E-state index contributed by atoms with van der Waals surface area (Å²) < 4.78 is 12.4. The van der Waals surface area contributed by atoms with Crippen LogP contribution in [0.25, 0.3) is 6.08 Å². The lowest BCUT2D eigenvalue weighted by Crippen LogP contribution is -2.54. The SMILES string of the molecule is COc1cc(/C=C2\C(=O)NC(=O)N(c3ccc(Cl)cc3)C2=O)c(Br)c(Br)c1OCc1ccc(Cl)c(Cl)c1. The Balaban J connectivity index is 1.68. The smallest absolute Gasteiger partial charge is 0.335 e. The molecule has 1 aliphatic rings. The molecule has 0 atom stereocenters. The maximum atomic E-state index is 13.2. The average molecular weight is 690 g/mol. The van der Waals surface area contributed by atoms with Gasteiger partial charge in [0.1, 0.15) is 12.2 Å². The molecule has 1 heterocycles. The fourth-order valence-electron chi connectivity index (χ4n) is 3.42. The minimum absolute atomic E-state index is 0.164. The van der Waals surface area contributed by atoms with Gasteiger partial charge in [0.15, 0.2) is 11.5 Å². The molecule has 1 fully saturated rings. The molecule has 0 aliphatic carbocycles. The zero-order chi connectivity index (χ0) is 26.9. The Kier molecular flexibility index (Phi) is 8.50. The van der Waals surface area contributed by atoms with Crippen molar-refractivity contribution in [2.24, 2.45) is 0 Å². The first-order chi connectivity index (χ1) is 17.6. The van der Waals surface area contributed by atoms with Crippen molar-refractivity contribution in [2.45, 2.75) is 6.61 Å². The lowest BCUT2D eigenvalue weighted by Gasteiger charge is -2.26. The molecular formula is C25H15Br2Cl3N2O5. The summed E-state index contributed by atoms with van der Waals surface area (Å²) in [5.41, 5.74) is 1.21. The molecule has 0 unspecified atom stereocenters. The highest BCUT2D eigenvalue weighted by Gasteiger charge is 2.37. The van der Waals surface area contributed by atoms with Crippen LogP contribution in [0.4, 0.5) is 10.5 Å². The standard InChI is InChI=1S/C25H15Br2Cl3N2O5/c1-36-19-10-13(20(26)21(27)22(19)37-11-12-2-7-17(29)18(30)8-12)9-16-23(33)31-25(35)32(24(16)34)15-5-3-14(28)4-6-15/h2-10H,11H2,1H3,(H,31,33,35)/b16-9+. The van der Waals surface area contributed by atoms with Crippen LogP contribution >= 0.6 is 66.7 Å². The molecule has 12 heteroatoms. The number of benzene rings is 3. The lowest BCUT2D eigenvalue weighted by molar-refractivity contribution is -0.122. The van der Waals surface area contributed by atoms with Gasteiger partial charge in [-0.15, -0.1) is 0 Å². The van der Waals surface area contributed by atoms with Gasteiger partial charge < -0.3 is 9.47 Å². The zero-order valence-electron chi connectivity index (χ0n) is 18.8. The summed E-state index contributed by atoms with van der Waals surface area (Å²) in [6.07, 6.45) is 1.35. The molecule has 0 bridgehead atoms. The van der Waals surface area contributed by atoms with Crippen LogP contribution in [-0.4, -0.2) is 25.0 Å². The molecule has 3 aromatic rings. The Labute approximate surface area is 243 Å². The summed E-state index contributed by atoms with van der Waals surface area (Å²) >= 11 is 25.0. The highest BCUT2D eigenvalue weighted by Crippen LogP contribution is 2.44. The van der Waals surface area contributed by atoms with E-state index in [1.807, 2.05) is 0 Å². The Morgan fingerprint density at radius 1 is 0.946 bits per heavy atom. The number of anilines is 1. The van der Waals surface area contributed by atoms with Crippen LogP contribution in [0, 0.1) is 0 Å². The fraction of sp³-hybridized carbons (Fsp3) is 0.0800. The quantitative estimate of drug-likeness (QED) is 0.215. The number of rotatable bonds is 6. The Morgan fingerprint density at radius 2 is 1.65 bits per heavy atom. The van der Waals surface area contributed by atoms with Crippen molar-refractivity contribution in [3.05, 3.63) is 89.2 Å². The Morgan fingerprint density at radius 3 is 2.30 bits per heavy atom. The van der Waals surface area contributed by atoms with Crippen molar-refractivity contribution in [2.75, 3.05) is 12.0 Å². The molecule has 0 radical (unpaired) electrons. The fourth-order valence-corrected chi connectivity index (χ4v) is 4.81. The number of ether oxygens (including phenoxy) is 2. The van der Waals surface area contributed by atoms with E-state index in [-0.39, 0.29) is 17.9 Å². The summed E-state index contributed by atoms with van der Waals surface area (Å²) in [5, 5.41) is 3.45. The largest absolute Gasteiger partial charge is 0.493 e. The van der Waals surface area contributed by atoms with E-state index in [4.69, 9.17) is 44.3 Å². The minimum Gasteiger partial charge on any atom is -0.493 e. The van der Waals surface area contributed by atoms with Crippen LogP contribution in [-0.2, 0) is 16.2 Å². The first-order valence-electron chi connectivity index (χ1n) is 10.4. The van der Waals surface area contributed by atoms with Gasteiger partial charge in [-0.2, -0.15) is 0 Å². The highest BCUT2D eigenvalue weighted by atomic mass is 79.9. The minimum atomic E-state index is -0.863. The van der Waals surface area contributed by atoms with Gasteiger partial charge in [0.2, 0.25) is 0 Å². The van der Waals surface area contributed by atoms with Gasteiger partial charge in [0.25, 0.3) is 11.8 Å². The second-order valence-electron chi connectivity index (χ2n) is 7.60. The van der Waals surface area contributed by atoms with Gasteiger partial charge in [0.05, 0.1) is 27.3 Å². The van der Waals surface area contributed by atoms with E-state index in [9.17, 15) is 14.4 Å². The third-order valence-corrected chi connectivity index (χ3v) is 8.36. The number of nitrogens with zero attached hydrogens (tertiary/aromatic N) is 1. The van der Waals surface area contributed by atoms with E-state index >= 15 is 0 Å². The molecule has 0 aromatic heterocycles. The van der Waals surface area contributed by atoms with Gasteiger partial charge >= 0.3 is 6.03 Å². The number of hydrogen-bond acceptors (Lipinski definition) is 5. The van der Waals surface area contributed by atoms with E-state index in [1.165, 1.54) is 37.5 Å². The first kappa shape index (κ1) is 27.5. The summed E-state index contributed by atoms with van der Waals surface area (Å²) in [4.78, 5) is 39.1. The van der Waals surface area contributed by atoms with Crippen LogP contribution in [0.3, 0.4) is 0 Å². The van der Waals surface area contributed by atoms with Crippen molar-refractivity contribution >= 4 is 96.3 Å². The molecule has 190 valence electrons.